The number of nitrogens with one attached hydrogen (secondary N) is 2. The van der Waals surface area contributed by atoms with Crippen LogP contribution in [0.15, 0.2) is 78.9 Å². The summed E-state index contributed by atoms with van der Waals surface area (Å²) >= 11 is 0. The number of hydrogen-bond donors (Lipinski definition) is 2. The Balaban J connectivity index is 1.32. The summed E-state index contributed by atoms with van der Waals surface area (Å²) in [6, 6.07) is 25.0. The molecule has 0 aliphatic carbocycles. The van der Waals surface area contributed by atoms with Gasteiger partial charge in [-0.15, -0.1) is 0 Å². The van der Waals surface area contributed by atoms with E-state index >= 15 is 0 Å². The van der Waals surface area contributed by atoms with Crippen molar-refractivity contribution in [3.05, 3.63) is 113 Å². The Morgan fingerprint density at radius 3 is 2.33 bits per heavy atom. The van der Waals surface area contributed by atoms with Crippen molar-refractivity contribution in [3.8, 4) is 11.1 Å². The topological polar surface area (TPSA) is 82.3 Å². The molecule has 42 heavy (non-hydrogen) atoms. The minimum absolute atomic E-state index is 0.00976. The van der Waals surface area contributed by atoms with Gasteiger partial charge in [-0.2, -0.15) is 0 Å². The smallest absolute Gasteiger partial charge is 0.256 e. The van der Waals surface area contributed by atoms with E-state index in [1.807, 2.05) is 73.7 Å². The van der Waals surface area contributed by atoms with Crippen molar-refractivity contribution in [2.24, 2.45) is 0 Å². The summed E-state index contributed by atoms with van der Waals surface area (Å²) in [6.45, 7) is 5.14. The largest absolute Gasteiger partial charge is 0.352 e. The highest BCUT2D eigenvalue weighted by molar-refractivity contribution is 6.35. The summed E-state index contributed by atoms with van der Waals surface area (Å²) in [7, 11) is 0. The Morgan fingerprint density at radius 1 is 0.881 bits per heavy atom. The van der Waals surface area contributed by atoms with Gasteiger partial charge < -0.3 is 15.2 Å². The molecule has 3 aromatic carbocycles. The number of Topliss-reactive ketones (excluding diaryl/α,β-unsaturated/α-hetero) is 1. The van der Waals surface area contributed by atoms with Crippen molar-refractivity contribution in [2.45, 2.75) is 39.0 Å². The van der Waals surface area contributed by atoms with E-state index in [4.69, 9.17) is 0 Å². The summed E-state index contributed by atoms with van der Waals surface area (Å²) < 4.78 is 0. The molecule has 1 saturated heterocycles. The summed E-state index contributed by atoms with van der Waals surface area (Å²) in [5.41, 5.74) is 6.52. The fourth-order valence-corrected chi connectivity index (χ4v) is 6.08. The van der Waals surface area contributed by atoms with E-state index in [0.29, 0.717) is 40.1 Å². The van der Waals surface area contributed by atoms with Crippen LogP contribution in [0, 0.1) is 6.92 Å². The second-order valence-electron chi connectivity index (χ2n) is 11.2. The third-order valence-corrected chi connectivity index (χ3v) is 8.35. The standard InChI is InChI=1S/C36H35N3O3/c1-24-33(35(41)26-14-6-3-7-15-26)31(37-34(24)32(40)16-8-9-19-39-20-10-11-21-39)23-29-28-18-17-27(22-30(28)38-36(29)42)25-12-4-2-5-13-25/h2-7,12-15,17-18,22-23,37H,8-11,16,19-21H2,1H3,(H,38,42)/b29-23-. The number of hydrogen-bond acceptors (Lipinski definition) is 4. The monoisotopic (exact) mass is 557 g/mol. The number of aromatic amines is 1. The van der Waals surface area contributed by atoms with E-state index in [1.165, 1.54) is 12.8 Å². The molecule has 2 N–H and O–H groups in total. The highest BCUT2D eigenvalue weighted by Crippen LogP contribution is 2.37. The second-order valence-corrected chi connectivity index (χ2v) is 11.2. The van der Waals surface area contributed by atoms with Crippen molar-refractivity contribution < 1.29 is 14.4 Å². The molecule has 1 amide bonds. The van der Waals surface area contributed by atoms with Gasteiger partial charge in [-0.25, -0.2) is 0 Å². The van der Waals surface area contributed by atoms with Crippen LogP contribution in [-0.2, 0) is 4.79 Å². The van der Waals surface area contributed by atoms with Gasteiger partial charge in [0, 0.05) is 23.2 Å². The van der Waals surface area contributed by atoms with E-state index in [0.717, 1.165) is 54.9 Å². The summed E-state index contributed by atoms with van der Waals surface area (Å²) in [4.78, 5) is 46.1. The normalized spacial score (nSPS) is 15.6. The Bertz CT molecular complexity index is 1660. The van der Waals surface area contributed by atoms with Gasteiger partial charge in [0.25, 0.3) is 5.91 Å². The van der Waals surface area contributed by atoms with Crippen LogP contribution in [0.3, 0.4) is 0 Å². The average Bonchev–Trinajstić information content (AvgIpc) is 3.73. The zero-order valence-electron chi connectivity index (χ0n) is 23.9. The van der Waals surface area contributed by atoms with Crippen LogP contribution in [0.1, 0.15) is 75.3 Å². The van der Waals surface area contributed by atoms with Gasteiger partial charge >= 0.3 is 0 Å². The average molecular weight is 558 g/mol. The van der Waals surface area contributed by atoms with Gasteiger partial charge in [0.1, 0.15) is 0 Å². The number of nitrogens with zero attached hydrogens (tertiary/aromatic N) is 1. The molecule has 6 rings (SSSR count). The summed E-state index contributed by atoms with van der Waals surface area (Å²) in [5.74, 6) is -0.429. The number of anilines is 1. The number of ketones is 2. The minimum Gasteiger partial charge on any atom is -0.352 e. The number of rotatable bonds is 10. The molecular formula is C36H35N3O3. The molecule has 1 aromatic heterocycles. The molecule has 0 bridgehead atoms. The first kappa shape index (κ1) is 27.6. The second kappa shape index (κ2) is 12.1. The Kier molecular flexibility index (Phi) is 7.97. The molecule has 1 fully saturated rings. The first-order chi connectivity index (χ1) is 20.5. The Labute approximate surface area is 246 Å². The van der Waals surface area contributed by atoms with Gasteiger partial charge in [-0.05, 0) is 81.1 Å². The molecule has 0 unspecified atom stereocenters. The van der Waals surface area contributed by atoms with Crippen molar-refractivity contribution in [3.63, 3.8) is 0 Å². The third kappa shape index (κ3) is 5.63. The molecule has 2 aliphatic rings. The molecule has 3 heterocycles. The van der Waals surface area contributed by atoms with Crippen molar-refractivity contribution in [2.75, 3.05) is 25.0 Å². The van der Waals surface area contributed by atoms with Gasteiger partial charge in [-0.1, -0.05) is 72.8 Å². The maximum Gasteiger partial charge on any atom is 0.256 e. The minimum atomic E-state index is -0.240. The number of carbonyl (C=O) groups excluding carboxylic acids is 3. The molecule has 2 aliphatic heterocycles. The highest BCUT2D eigenvalue weighted by Gasteiger charge is 2.28. The number of likely N-dealkylation sites (tertiary alicyclic amines) is 1. The predicted octanol–water partition coefficient (Wildman–Crippen LogP) is 7.16. The molecular weight excluding hydrogens is 522 g/mol. The first-order valence-electron chi connectivity index (χ1n) is 14.8. The number of amides is 1. The maximum absolute atomic E-state index is 13.8. The molecule has 212 valence electrons. The number of unbranched alkanes of at least 4 members (excludes halogenated alkanes) is 1. The van der Waals surface area contributed by atoms with Gasteiger partial charge in [-0.3, -0.25) is 14.4 Å². The number of carbonyl (C=O) groups is 3. The highest BCUT2D eigenvalue weighted by atomic mass is 16.2. The van der Waals surface area contributed by atoms with E-state index in [2.05, 4.69) is 15.2 Å². The lowest BCUT2D eigenvalue weighted by molar-refractivity contribution is -0.110. The lowest BCUT2D eigenvalue weighted by Crippen LogP contribution is -2.20. The first-order valence-corrected chi connectivity index (χ1v) is 14.8. The number of aromatic nitrogens is 1. The molecule has 6 nitrogen and oxygen atoms in total. The molecule has 0 radical (unpaired) electrons. The van der Waals surface area contributed by atoms with Crippen LogP contribution < -0.4 is 5.32 Å². The Morgan fingerprint density at radius 2 is 1.60 bits per heavy atom. The van der Waals surface area contributed by atoms with Crippen molar-refractivity contribution in [1.29, 1.82) is 0 Å². The number of H-pyrrole nitrogens is 1. The zero-order chi connectivity index (χ0) is 29.1. The van der Waals surface area contributed by atoms with Crippen LogP contribution >= 0.6 is 0 Å². The van der Waals surface area contributed by atoms with E-state index in [1.54, 1.807) is 18.2 Å². The molecule has 0 saturated carbocycles. The van der Waals surface area contributed by atoms with Crippen LogP contribution in [0.4, 0.5) is 5.69 Å². The van der Waals surface area contributed by atoms with E-state index in [-0.39, 0.29) is 17.5 Å². The zero-order valence-corrected chi connectivity index (χ0v) is 23.9. The molecule has 6 heteroatoms. The number of fused-ring (bicyclic) bond motifs is 1. The van der Waals surface area contributed by atoms with Crippen LogP contribution in [0.5, 0.6) is 0 Å². The molecule has 0 atom stereocenters. The third-order valence-electron chi connectivity index (χ3n) is 8.35. The van der Waals surface area contributed by atoms with E-state index < -0.39 is 0 Å². The fourth-order valence-electron chi connectivity index (χ4n) is 6.08. The van der Waals surface area contributed by atoms with Crippen LogP contribution in [0.25, 0.3) is 22.8 Å². The SMILES string of the molecule is Cc1c(C(=O)CCCCN2CCCC2)[nH]c(/C=C2\C(=O)Nc3cc(-c4ccccc4)ccc32)c1C(=O)c1ccccc1. The summed E-state index contributed by atoms with van der Waals surface area (Å²) in [5, 5.41) is 2.98. The lowest BCUT2D eigenvalue weighted by atomic mass is 9.96. The quantitative estimate of drug-likeness (QED) is 0.123. The van der Waals surface area contributed by atoms with Gasteiger partial charge in [0.2, 0.25) is 0 Å². The molecule has 0 spiro atoms. The summed E-state index contributed by atoms with van der Waals surface area (Å²) in [6.07, 6.45) is 6.42. The van der Waals surface area contributed by atoms with Crippen molar-refractivity contribution >= 4 is 34.8 Å². The fraction of sp³-hybridized carbons (Fsp3) is 0.250. The molecule has 4 aromatic rings. The lowest BCUT2D eigenvalue weighted by Gasteiger charge is -2.13. The van der Waals surface area contributed by atoms with Crippen molar-refractivity contribution in [1.82, 2.24) is 9.88 Å². The Hall–Kier alpha value is -4.55. The predicted molar refractivity (Wildman–Crippen MR) is 168 cm³/mol. The van der Waals surface area contributed by atoms with Gasteiger partial charge in [0.15, 0.2) is 11.6 Å². The van der Waals surface area contributed by atoms with Crippen LogP contribution in [0.2, 0.25) is 0 Å². The van der Waals surface area contributed by atoms with E-state index in [9.17, 15) is 14.4 Å². The maximum atomic E-state index is 13.8. The van der Waals surface area contributed by atoms with Gasteiger partial charge in [0.05, 0.1) is 22.5 Å². The number of benzene rings is 3. The van der Waals surface area contributed by atoms with Crippen LogP contribution in [-0.4, -0.2) is 47.0 Å².